The average molecular weight is 231 g/mol. The molecule has 0 saturated heterocycles. The highest BCUT2D eigenvalue weighted by molar-refractivity contribution is 5.85. The maximum atomic E-state index is 10.5. The molecule has 1 aliphatic heterocycles. The van der Waals surface area contributed by atoms with Crippen molar-refractivity contribution in [3.63, 3.8) is 0 Å². The van der Waals surface area contributed by atoms with Crippen molar-refractivity contribution in [1.82, 2.24) is 0 Å². The molecule has 0 aromatic heterocycles. The Labute approximate surface area is 92.8 Å². The molecule has 0 saturated carbocycles. The van der Waals surface area contributed by atoms with E-state index in [-0.39, 0.29) is 24.1 Å². The van der Waals surface area contributed by atoms with Gasteiger partial charge in [-0.3, -0.25) is 10.1 Å². The fraction of sp³-hybridized carbons (Fsp3) is 0.333. The van der Waals surface area contributed by atoms with Crippen molar-refractivity contribution in [2.45, 2.75) is 12.5 Å². The SMILES string of the molecule is Cl.N[C@@H]1CCOc2ccc([N+](=O)[O-])cc21. The number of benzene rings is 1. The van der Waals surface area contributed by atoms with Crippen LogP contribution in [-0.2, 0) is 0 Å². The molecule has 5 nitrogen and oxygen atoms in total. The van der Waals surface area contributed by atoms with Gasteiger partial charge in [0, 0.05) is 30.2 Å². The van der Waals surface area contributed by atoms with Crippen LogP contribution in [0.4, 0.5) is 5.69 Å². The Morgan fingerprint density at radius 1 is 1.53 bits per heavy atom. The fourth-order valence-electron chi connectivity index (χ4n) is 1.52. The van der Waals surface area contributed by atoms with Crippen molar-refractivity contribution in [2.24, 2.45) is 5.73 Å². The van der Waals surface area contributed by atoms with Crippen LogP contribution in [0.2, 0.25) is 0 Å². The molecule has 0 aliphatic carbocycles. The highest BCUT2D eigenvalue weighted by Gasteiger charge is 2.20. The number of nitro benzene ring substituents is 1. The minimum absolute atomic E-state index is 0. The van der Waals surface area contributed by atoms with Gasteiger partial charge in [0.2, 0.25) is 0 Å². The van der Waals surface area contributed by atoms with E-state index in [9.17, 15) is 10.1 Å². The molecule has 0 radical (unpaired) electrons. The van der Waals surface area contributed by atoms with E-state index in [1.54, 1.807) is 6.07 Å². The summed E-state index contributed by atoms with van der Waals surface area (Å²) in [6.45, 7) is 0.575. The monoisotopic (exact) mass is 230 g/mol. The molecule has 0 spiro atoms. The van der Waals surface area contributed by atoms with Gasteiger partial charge >= 0.3 is 0 Å². The molecule has 0 amide bonds. The van der Waals surface area contributed by atoms with E-state index in [4.69, 9.17) is 10.5 Å². The average Bonchev–Trinajstić information content (AvgIpc) is 2.18. The molecular weight excluding hydrogens is 220 g/mol. The molecular formula is C9H11ClN2O3. The van der Waals surface area contributed by atoms with Crippen LogP contribution in [0.3, 0.4) is 0 Å². The summed E-state index contributed by atoms with van der Waals surface area (Å²) in [6, 6.07) is 4.36. The number of fused-ring (bicyclic) bond motifs is 1. The summed E-state index contributed by atoms with van der Waals surface area (Å²) in [5.74, 6) is 0.661. The van der Waals surface area contributed by atoms with Crippen molar-refractivity contribution in [2.75, 3.05) is 6.61 Å². The summed E-state index contributed by atoms with van der Waals surface area (Å²) in [5.41, 5.74) is 6.60. The molecule has 6 heteroatoms. The standard InChI is InChI=1S/C9H10N2O3.ClH/c10-8-3-4-14-9-2-1-6(11(12)13)5-7(8)9;/h1-2,5,8H,3-4,10H2;1H/t8-;/m1./s1. The molecule has 1 aromatic carbocycles. The van der Waals surface area contributed by atoms with Crippen LogP contribution in [0.1, 0.15) is 18.0 Å². The van der Waals surface area contributed by atoms with Crippen LogP contribution >= 0.6 is 12.4 Å². The molecule has 1 atom stereocenters. The van der Waals surface area contributed by atoms with E-state index in [2.05, 4.69) is 0 Å². The molecule has 82 valence electrons. The minimum Gasteiger partial charge on any atom is -0.493 e. The van der Waals surface area contributed by atoms with Gasteiger partial charge in [0.15, 0.2) is 0 Å². The van der Waals surface area contributed by atoms with Gasteiger partial charge in [0.05, 0.1) is 11.5 Å². The number of hydrogen-bond donors (Lipinski definition) is 1. The first-order valence-electron chi connectivity index (χ1n) is 4.35. The van der Waals surface area contributed by atoms with E-state index in [1.807, 2.05) is 0 Å². The highest BCUT2D eigenvalue weighted by atomic mass is 35.5. The predicted molar refractivity (Wildman–Crippen MR) is 57.4 cm³/mol. The van der Waals surface area contributed by atoms with Gasteiger partial charge in [-0.05, 0) is 6.07 Å². The number of nitro groups is 1. The van der Waals surface area contributed by atoms with Crippen LogP contribution in [0.5, 0.6) is 5.75 Å². The summed E-state index contributed by atoms with van der Waals surface area (Å²) >= 11 is 0. The molecule has 1 aromatic rings. The zero-order chi connectivity index (χ0) is 10.1. The lowest BCUT2D eigenvalue weighted by atomic mass is 10.0. The summed E-state index contributed by atoms with van der Waals surface area (Å²) < 4.78 is 5.33. The Morgan fingerprint density at radius 3 is 2.93 bits per heavy atom. The number of ether oxygens (including phenoxy) is 1. The second-order valence-corrected chi connectivity index (χ2v) is 3.22. The van der Waals surface area contributed by atoms with Crippen LogP contribution in [0.25, 0.3) is 0 Å². The smallest absolute Gasteiger partial charge is 0.270 e. The maximum absolute atomic E-state index is 10.5. The Hall–Kier alpha value is -1.33. The van der Waals surface area contributed by atoms with Gasteiger partial charge in [-0.15, -0.1) is 12.4 Å². The lowest BCUT2D eigenvalue weighted by Crippen LogP contribution is -2.20. The minimum atomic E-state index is -0.429. The Kier molecular flexibility index (Phi) is 3.49. The summed E-state index contributed by atoms with van der Waals surface area (Å²) in [5, 5.41) is 10.5. The summed E-state index contributed by atoms with van der Waals surface area (Å²) in [4.78, 5) is 10.1. The van der Waals surface area contributed by atoms with E-state index in [0.717, 1.165) is 5.56 Å². The van der Waals surface area contributed by atoms with E-state index in [0.29, 0.717) is 18.8 Å². The largest absolute Gasteiger partial charge is 0.493 e. The lowest BCUT2D eigenvalue weighted by Gasteiger charge is -2.22. The van der Waals surface area contributed by atoms with Crippen molar-refractivity contribution in [1.29, 1.82) is 0 Å². The van der Waals surface area contributed by atoms with Crippen LogP contribution in [0.15, 0.2) is 18.2 Å². The van der Waals surface area contributed by atoms with E-state index in [1.165, 1.54) is 12.1 Å². The predicted octanol–water partition coefficient (Wildman–Crippen LogP) is 1.80. The van der Waals surface area contributed by atoms with Gasteiger partial charge in [0.1, 0.15) is 5.75 Å². The number of hydrogen-bond acceptors (Lipinski definition) is 4. The Bertz CT molecular complexity index is 384. The topological polar surface area (TPSA) is 78.4 Å². The molecule has 15 heavy (non-hydrogen) atoms. The van der Waals surface area contributed by atoms with Crippen molar-refractivity contribution >= 4 is 18.1 Å². The number of halogens is 1. The Balaban J connectivity index is 0.00000112. The number of rotatable bonds is 1. The van der Waals surface area contributed by atoms with Crippen LogP contribution in [0, 0.1) is 10.1 Å². The quantitative estimate of drug-likeness (QED) is 0.589. The van der Waals surface area contributed by atoms with Crippen LogP contribution < -0.4 is 10.5 Å². The number of nitrogens with zero attached hydrogens (tertiary/aromatic N) is 1. The zero-order valence-corrected chi connectivity index (χ0v) is 8.70. The third kappa shape index (κ3) is 2.19. The number of nitrogens with two attached hydrogens (primary N) is 1. The first-order chi connectivity index (χ1) is 6.68. The van der Waals surface area contributed by atoms with Crippen molar-refractivity contribution in [3.8, 4) is 5.75 Å². The summed E-state index contributed by atoms with van der Waals surface area (Å²) in [7, 11) is 0. The Morgan fingerprint density at radius 2 is 2.27 bits per heavy atom. The third-order valence-corrected chi connectivity index (χ3v) is 2.29. The molecule has 2 N–H and O–H groups in total. The third-order valence-electron chi connectivity index (χ3n) is 2.29. The van der Waals surface area contributed by atoms with Gasteiger partial charge in [0.25, 0.3) is 5.69 Å². The number of non-ortho nitro benzene ring substituents is 1. The molecule has 0 fully saturated rings. The normalized spacial score (nSPS) is 18.3. The molecule has 1 aliphatic rings. The van der Waals surface area contributed by atoms with E-state index < -0.39 is 4.92 Å². The molecule has 1 heterocycles. The van der Waals surface area contributed by atoms with Gasteiger partial charge in [-0.25, -0.2) is 0 Å². The van der Waals surface area contributed by atoms with Crippen LogP contribution in [-0.4, -0.2) is 11.5 Å². The second-order valence-electron chi connectivity index (χ2n) is 3.22. The molecule has 2 rings (SSSR count). The maximum Gasteiger partial charge on any atom is 0.270 e. The second kappa shape index (κ2) is 4.46. The fourth-order valence-corrected chi connectivity index (χ4v) is 1.52. The van der Waals surface area contributed by atoms with Gasteiger partial charge < -0.3 is 10.5 Å². The van der Waals surface area contributed by atoms with Gasteiger partial charge in [-0.1, -0.05) is 0 Å². The first-order valence-corrected chi connectivity index (χ1v) is 4.35. The van der Waals surface area contributed by atoms with Crippen molar-refractivity contribution in [3.05, 3.63) is 33.9 Å². The lowest BCUT2D eigenvalue weighted by molar-refractivity contribution is -0.385. The van der Waals surface area contributed by atoms with E-state index >= 15 is 0 Å². The van der Waals surface area contributed by atoms with Gasteiger partial charge in [-0.2, -0.15) is 0 Å². The first kappa shape index (κ1) is 11.7. The highest BCUT2D eigenvalue weighted by Crippen LogP contribution is 2.33. The molecule has 0 unspecified atom stereocenters. The van der Waals surface area contributed by atoms with Crippen molar-refractivity contribution < 1.29 is 9.66 Å². The molecule has 0 bridgehead atoms. The zero-order valence-electron chi connectivity index (χ0n) is 7.88. The summed E-state index contributed by atoms with van der Waals surface area (Å²) in [6.07, 6.45) is 0.703.